The lowest BCUT2D eigenvalue weighted by Crippen LogP contribution is -2.67. The summed E-state index contributed by atoms with van der Waals surface area (Å²) in [5.41, 5.74) is -1.47. The van der Waals surface area contributed by atoms with E-state index in [-0.39, 0.29) is 36.1 Å². The average molecular weight is 446 g/mol. The molecular weight excluding hydrogens is 424 g/mol. The van der Waals surface area contributed by atoms with Crippen molar-refractivity contribution < 1.29 is 34.2 Å². The second-order valence-electron chi connectivity index (χ2n) is 8.87. The summed E-state index contributed by atoms with van der Waals surface area (Å²) in [7, 11) is 0. The van der Waals surface area contributed by atoms with Crippen LogP contribution in [-0.4, -0.2) is 44.7 Å². The Labute approximate surface area is 190 Å². The molecule has 0 aromatic heterocycles. The molecule has 3 aliphatic rings. The van der Waals surface area contributed by atoms with E-state index in [1.54, 1.807) is 19.9 Å². The fourth-order valence-corrected chi connectivity index (χ4v) is 5.63. The zero-order valence-electron chi connectivity index (χ0n) is 18.4. The molecule has 2 unspecified atom stereocenters. The molecule has 7 nitrogen and oxygen atoms in total. The van der Waals surface area contributed by atoms with Gasteiger partial charge in [0.25, 0.3) is 0 Å². The van der Waals surface area contributed by atoms with Crippen LogP contribution in [0.1, 0.15) is 60.7 Å². The van der Waals surface area contributed by atoms with Gasteiger partial charge in [0, 0.05) is 17.9 Å². The van der Waals surface area contributed by atoms with Crippen molar-refractivity contribution in [2.75, 3.05) is 0 Å². The van der Waals surface area contributed by atoms with Crippen LogP contribution in [-0.2, 0) is 25.6 Å². The number of hydrogen-bond donors (Lipinski definition) is 2. The van der Waals surface area contributed by atoms with E-state index in [0.29, 0.717) is 11.1 Å². The molecule has 4 rings (SSSR count). The molecule has 2 fully saturated rings. The molecule has 0 spiro atoms. The van der Waals surface area contributed by atoms with Gasteiger partial charge in [0.15, 0.2) is 28.7 Å². The lowest BCUT2D eigenvalue weighted by Gasteiger charge is -2.48. The first-order valence-corrected chi connectivity index (χ1v) is 10.7. The van der Waals surface area contributed by atoms with Gasteiger partial charge in [0.2, 0.25) is 0 Å². The minimum Gasteiger partial charge on any atom is -0.506 e. The van der Waals surface area contributed by atoms with E-state index in [9.17, 15) is 34.2 Å². The Kier molecular flexibility index (Phi) is 5.35. The molecule has 7 heteroatoms. The molecule has 1 aromatic rings. The number of rotatable bonds is 1. The fourth-order valence-electron chi connectivity index (χ4n) is 5.63. The number of benzene rings is 1. The number of fused-ring (bicyclic) bond motifs is 3. The first-order valence-electron chi connectivity index (χ1n) is 10.7. The van der Waals surface area contributed by atoms with Crippen LogP contribution < -0.4 is 0 Å². The van der Waals surface area contributed by atoms with E-state index in [2.05, 4.69) is 23.7 Å². The smallest absolute Gasteiger partial charge is 0.190 e. The second kappa shape index (κ2) is 7.79. The Balaban J connectivity index is 1.88. The van der Waals surface area contributed by atoms with Crippen LogP contribution in [0.4, 0.5) is 0 Å². The number of aliphatic hydroxyl groups is 1. The number of phenolic OH excluding ortho intramolecular Hbond substituents is 1. The van der Waals surface area contributed by atoms with Crippen molar-refractivity contribution in [3.05, 3.63) is 28.3 Å². The number of hydrogen-bond acceptors (Lipinski definition) is 7. The standard InChI is InChI=1S/C26H22O7/c1-4-6-13-8-14(7-5-2)22(29)21-17(13)10-15-9-16-11-18(28)19(12(3)27)24(31)26(16,33)25(32)20(15)23(21)30/h8,15-16,19-20,29,33H,9-11H2,1-3H3/t15-,16+,19?,20?,26-/m1/s1. The molecule has 3 aliphatic carbocycles. The van der Waals surface area contributed by atoms with E-state index in [4.69, 9.17) is 0 Å². The lowest BCUT2D eigenvalue weighted by atomic mass is 9.53. The van der Waals surface area contributed by atoms with Crippen molar-refractivity contribution in [1.29, 1.82) is 0 Å². The van der Waals surface area contributed by atoms with Crippen LogP contribution in [0.25, 0.3) is 0 Å². The minimum atomic E-state index is -2.58. The van der Waals surface area contributed by atoms with Crippen LogP contribution in [0.5, 0.6) is 5.75 Å². The number of phenols is 1. The van der Waals surface area contributed by atoms with Gasteiger partial charge in [-0.1, -0.05) is 11.8 Å². The van der Waals surface area contributed by atoms with Crippen molar-refractivity contribution in [2.45, 2.75) is 45.6 Å². The highest BCUT2D eigenvalue weighted by Gasteiger charge is 2.65. The van der Waals surface area contributed by atoms with Crippen LogP contribution >= 0.6 is 0 Å². The highest BCUT2D eigenvalue weighted by atomic mass is 16.3. The summed E-state index contributed by atoms with van der Waals surface area (Å²) < 4.78 is 0. The predicted octanol–water partition coefficient (Wildman–Crippen LogP) is 1.17. The Morgan fingerprint density at radius 1 is 1.03 bits per heavy atom. The SMILES string of the molecule is CC#Cc1cc(C#CC)c2c(c1O)C(=O)C1C(=O)[C@]3(O)C(=O)C(C(C)=O)C(=O)C[C@@H]3C[C@@H]1C2. The van der Waals surface area contributed by atoms with Gasteiger partial charge in [0.05, 0.1) is 17.0 Å². The number of carbonyl (C=O) groups excluding carboxylic acids is 5. The number of ketones is 5. The maximum Gasteiger partial charge on any atom is 0.190 e. The highest BCUT2D eigenvalue weighted by molar-refractivity contribution is 6.31. The summed E-state index contributed by atoms with van der Waals surface area (Å²) in [5.74, 6) is 1.86. The van der Waals surface area contributed by atoms with Crippen LogP contribution in [0, 0.1) is 47.4 Å². The van der Waals surface area contributed by atoms with Gasteiger partial charge in [-0.25, -0.2) is 0 Å². The van der Waals surface area contributed by atoms with Crippen LogP contribution in [0.2, 0.25) is 0 Å². The van der Waals surface area contributed by atoms with Gasteiger partial charge in [-0.15, -0.1) is 11.8 Å². The summed E-state index contributed by atoms with van der Waals surface area (Å²) in [4.78, 5) is 64.4. The first kappa shape index (κ1) is 22.6. The van der Waals surface area contributed by atoms with E-state index < -0.39 is 58.2 Å². The average Bonchev–Trinajstić information content (AvgIpc) is 2.74. The van der Waals surface area contributed by atoms with Crippen molar-refractivity contribution in [3.8, 4) is 29.4 Å². The highest BCUT2D eigenvalue weighted by Crippen LogP contribution is 2.50. The number of Topliss-reactive ketones (excluding diaryl/α,β-unsaturated/α-hetero) is 5. The largest absolute Gasteiger partial charge is 0.506 e. The van der Waals surface area contributed by atoms with Gasteiger partial charge < -0.3 is 10.2 Å². The predicted molar refractivity (Wildman–Crippen MR) is 115 cm³/mol. The monoisotopic (exact) mass is 446 g/mol. The van der Waals surface area contributed by atoms with Gasteiger partial charge in [0.1, 0.15) is 17.5 Å². The molecular formula is C26H22O7. The molecule has 5 atom stereocenters. The summed E-state index contributed by atoms with van der Waals surface area (Å²) in [6.45, 7) is 4.27. The summed E-state index contributed by atoms with van der Waals surface area (Å²) >= 11 is 0. The third-order valence-electron chi connectivity index (χ3n) is 7.04. The first-order chi connectivity index (χ1) is 15.6. The molecule has 2 N–H and O–H groups in total. The van der Waals surface area contributed by atoms with Crippen molar-refractivity contribution in [3.63, 3.8) is 0 Å². The van der Waals surface area contributed by atoms with E-state index in [1.807, 2.05) is 0 Å². The van der Waals surface area contributed by atoms with Crippen LogP contribution in [0.3, 0.4) is 0 Å². The minimum absolute atomic E-state index is 0.0768. The molecule has 2 saturated carbocycles. The lowest BCUT2D eigenvalue weighted by molar-refractivity contribution is -0.175. The molecule has 33 heavy (non-hydrogen) atoms. The molecule has 0 heterocycles. The quantitative estimate of drug-likeness (QED) is 0.490. The van der Waals surface area contributed by atoms with E-state index >= 15 is 0 Å². The molecule has 0 aliphatic heterocycles. The zero-order valence-corrected chi connectivity index (χ0v) is 18.4. The number of carbonyl (C=O) groups is 5. The zero-order chi connectivity index (χ0) is 24.2. The van der Waals surface area contributed by atoms with Crippen molar-refractivity contribution >= 4 is 28.9 Å². The molecule has 1 aromatic carbocycles. The molecule has 168 valence electrons. The summed E-state index contributed by atoms with van der Waals surface area (Å²) in [5, 5.41) is 22.1. The van der Waals surface area contributed by atoms with E-state index in [0.717, 1.165) is 6.92 Å². The van der Waals surface area contributed by atoms with Gasteiger partial charge in [-0.3, -0.25) is 24.0 Å². The third kappa shape index (κ3) is 3.08. The number of aromatic hydroxyl groups is 1. The van der Waals surface area contributed by atoms with Gasteiger partial charge in [-0.2, -0.15) is 0 Å². The Morgan fingerprint density at radius 2 is 1.67 bits per heavy atom. The molecule has 0 saturated heterocycles. The Hall–Kier alpha value is -3.55. The van der Waals surface area contributed by atoms with Gasteiger partial charge >= 0.3 is 0 Å². The summed E-state index contributed by atoms with van der Waals surface area (Å²) in [6, 6.07) is 1.60. The van der Waals surface area contributed by atoms with Crippen molar-refractivity contribution in [1.82, 2.24) is 0 Å². The van der Waals surface area contributed by atoms with Crippen LogP contribution in [0.15, 0.2) is 6.07 Å². The van der Waals surface area contributed by atoms with Gasteiger partial charge in [-0.05, 0) is 51.2 Å². The third-order valence-corrected chi connectivity index (χ3v) is 7.04. The fraction of sp³-hybridized carbons (Fsp3) is 0.423. The second-order valence-corrected chi connectivity index (χ2v) is 8.87. The topological polar surface area (TPSA) is 126 Å². The maximum absolute atomic E-state index is 13.6. The molecule has 0 radical (unpaired) electrons. The molecule has 0 amide bonds. The maximum atomic E-state index is 13.6. The Morgan fingerprint density at radius 3 is 2.27 bits per heavy atom. The van der Waals surface area contributed by atoms with E-state index in [1.165, 1.54) is 0 Å². The molecule has 0 bridgehead atoms. The summed E-state index contributed by atoms with van der Waals surface area (Å²) in [6.07, 6.45) is -0.00313. The Bertz CT molecular complexity index is 1280. The van der Waals surface area contributed by atoms with Crippen molar-refractivity contribution in [2.24, 2.45) is 23.7 Å². The normalized spacial score (nSPS) is 30.2.